The van der Waals surface area contributed by atoms with E-state index in [-0.39, 0.29) is 25.8 Å². The van der Waals surface area contributed by atoms with Crippen molar-refractivity contribution in [1.82, 2.24) is 0 Å². The van der Waals surface area contributed by atoms with Crippen molar-refractivity contribution < 1.29 is 25.8 Å². The molecule has 0 bridgehead atoms. The van der Waals surface area contributed by atoms with Gasteiger partial charge in [0.2, 0.25) is 0 Å². The van der Waals surface area contributed by atoms with Crippen molar-refractivity contribution in [3.8, 4) is 0 Å². The molecule has 0 aliphatic rings. The van der Waals surface area contributed by atoms with Gasteiger partial charge in [0.1, 0.15) is 0 Å². The summed E-state index contributed by atoms with van der Waals surface area (Å²) in [5, 5.41) is 2.75. The maximum atomic E-state index is 2.29. The summed E-state index contributed by atoms with van der Waals surface area (Å²) in [6, 6.07) is 13.1. The van der Waals surface area contributed by atoms with E-state index in [1.54, 1.807) is 0 Å². The minimum Gasteiger partial charge on any atom is -0.165 e. The zero-order valence-corrected chi connectivity index (χ0v) is 11.5. The van der Waals surface area contributed by atoms with Crippen molar-refractivity contribution in [2.75, 3.05) is 0 Å². The Morgan fingerprint density at radius 1 is 1.23 bits per heavy atom. The fourth-order valence-corrected chi connectivity index (χ4v) is 1.65. The van der Waals surface area contributed by atoms with Crippen molar-refractivity contribution >= 4 is 10.8 Å². The van der Waals surface area contributed by atoms with Gasteiger partial charge in [0.05, 0.1) is 0 Å². The molecule has 0 aromatic heterocycles. The van der Waals surface area contributed by atoms with Crippen LogP contribution in [0.1, 0.15) is 18.9 Å². The summed E-state index contributed by atoms with van der Waals surface area (Å²) in [5.41, 5.74) is 1.47. The molecule has 0 amide bonds. The van der Waals surface area contributed by atoms with E-state index in [1.807, 2.05) is 0 Å². The molecule has 0 N–H and O–H groups in total. The van der Waals surface area contributed by atoms with Crippen LogP contribution in [-0.2, 0) is 32.3 Å². The van der Waals surface area contributed by atoms with E-state index in [1.165, 1.54) is 29.2 Å². The predicted molar refractivity (Wildman–Crippen MR) is 53.5 cm³/mol. The number of fused-ring (bicyclic) bond motifs is 1. The normalized spacial score (nSPS) is 9.92. The van der Waals surface area contributed by atoms with Gasteiger partial charge in [-0.05, 0) is 6.42 Å². The summed E-state index contributed by atoms with van der Waals surface area (Å²) in [6.45, 7) is 2.22. The predicted octanol–water partition coefficient (Wildman–Crippen LogP) is 3.51. The molecule has 0 spiro atoms. The average molecular weight is 336 g/mol. The summed E-state index contributed by atoms with van der Waals surface area (Å²) in [6.07, 6.45) is 2.44. The second-order valence-electron chi connectivity index (χ2n) is 3.24. The zero-order chi connectivity index (χ0) is 8.39. The largest absolute Gasteiger partial charge is 0.165 e. The van der Waals surface area contributed by atoms with Crippen LogP contribution in [0.2, 0.25) is 0 Å². The number of aryl methyl sites for hydroxylation is 1. The third-order valence-corrected chi connectivity index (χ3v) is 2.22. The molecular weight excluding hydrogens is 323 g/mol. The maximum Gasteiger partial charge on any atom is 0 e. The fourth-order valence-electron chi connectivity index (χ4n) is 1.65. The molecule has 2 rings (SSSR count). The van der Waals surface area contributed by atoms with E-state index in [0.717, 1.165) is 0 Å². The molecule has 1 heteroatoms. The van der Waals surface area contributed by atoms with Crippen LogP contribution in [0.15, 0.2) is 36.4 Å². The molecule has 0 aliphatic heterocycles. The molecule has 0 saturated heterocycles. The van der Waals surface area contributed by atoms with Gasteiger partial charge in [-0.2, -0.15) is 6.07 Å². The first-order valence-electron chi connectivity index (χ1n) is 4.54. The number of rotatable bonds is 2. The maximum absolute atomic E-state index is 2.29. The van der Waals surface area contributed by atoms with Crippen LogP contribution in [0.25, 0.3) is 10.8 Å². The molecule has 0 fully saturated rings. The van der Waals surface area contributed by atoms with E-state index in [2.05, 4.69) is 43.3 Å². The Kier molecular flexibility index (Phi) is 3.98. The summed E-state index contributed by atoms with van der Waals surface area (Å²) >= 11 is 0. The van der Waals surface area contributed by atoms with Gasteiger partial charge in [0.25, 0.3) is 0 Å². The fraction of sp³-hybridized carbons (Fsp3) is 0.250. The van der Waals surface area contributed by atoms with E-state index in [4.69, 9.17) is 0 Å². The van der Waals surface area contributed by atoms with Crippen LogP contribution < -0.4 is 0 Å². The second kappa shape index (κ2) is 4.80. The van der Waals surface area contributed by atoms with Crippen molar-refractivity contribution in [3.05, 3.63) is 42.0 Å². The van der Waals surface area contributed by atoms with Gasteiger partial charge in [-0.3, -0.25) is 0 Å². The molecule has 66 valence electrons. The van der Waals surface area contributed by atoms with Crippen LogP contribution in [-0.4, -0.2) is 0 Å². The van der Waals surface area contributed by atoms with Crippen LogP contribution in [0.5, 0.6) is 0 Å². The molecule has 0 radical (unpaired) electrons. The number of benzene rings is 1. The van der Waals surface area contributed by atoms with Gasteiger partial charge in [-0.1, -0.05) is 19.4 Å². The Morgan fingerprint density at radius 3 is 2.69 bits per heavy atom. The van der Waals surface area contributed by atoms with Gasteiger partial charge in [0.15, 0.2) is 0 Å². The zero-order valence-electron chi connectivity index (χ0n) is 7.88. The third-order valence-electron chi connectivity index (χ3n) is 2.22. The van der Waals surface area contributed by atoms with Crippen LogP contribution in [0.4, 0.5) is 0 Å². The Labute approximate surface area is 98.1 Å². The smallest absolute Gasteiger partial charge is 0 e. The van der Waals surface area contributed by atoms with Crippen LogP contribution in [0, 0.1) is 0 Å². The number of hydrogen-bond donors (Lipinski definition) is 0. The van der Waals surface area contributed by atoms with Crippen molar-refractivity contribution in [2.24, 2.45) is 0 Å². The second-order valence-corrected chi connectivity index (χ2v) is 3.24. The van der Waals surface area contributed by atoms with Crippen molar-refractivity contribution in [3.63, 3.8) is 0 Å². The van der Waals surface area contributed by atoms with Gasteiger partial charge in [0, 0.05) is 25.8 Å². The van der Waals surface area contributed by atoms with E-state index in [0.29, 0.717) is 0 Å². The molecule has 2 aromatic carbocycles. The van der Waals surface area contributed by atoms with E-state index >= 15 is 0 Å². The van der Waals surface area contributed by atoms with Gasteiger partial charge in [-0.25, -0.2) is 0 Å². The monoisotopic (exact) mass is 337 g/mol. The minimum absolute atomic E-state index is 0. The quantitative estimate of drug-likeness (QED) is 0.582. The molecular formula is C12H13Hf-. The minimum atomic E-state index is 0. The SMILES string of the molecule is CCCc1cc2ccccc2[cH-]1.[Hf]. The van der Waals surface area contributed by atoms with E-state index in [9.17, 15) is 0 Å². The van der Waals surface area contributed by atoms with E-state index < -0.39 is 0 Å². The Balaban J connectivity index is 0.000000845. The number of hydrogen-bond acceptors (Lipinski definition) is 0. The van der Waals surface area contributed by atoms with Crippen LogP contribution in [0.3, 0.4) is 0 Å². The Bertz CT molecular complexity index is 340. The molecule has 0 heterocycles. The first-order chi connectivity index (χ1) is 5.90. The molecule has 13 heavy (non-hydrogen) atoms. The molecule has 0 atom stereocenters. The van der Waals surface area contributed by atoms with Crippen molar-refractivity contribution in [2.45, 2.75) is 19.8 Å². The summed E-state index contributed by atoms with van der Waals surface area (Å²) < 4.78 is 0. The van der Waals surface area contributed by atoms with Gasteiger partial charge in [-0.15, -0.1) is 40.6 Å². The summed E-state index contributed by atoms with van der Waals surface area (Å²) in [5.74, 6) is 0. The summed E-state index contributed by atoms with van der Waals surface area (Å²) in [7, 11) is 0. The average Bonchev–Trinajstić information content (AvgIpc) is 2.47. The molecule has 0 saturated carbocycles. The first kappa shape index (κ1) is 10.8. The van der Waals surface area contributed by atoms with Crippen LogP contribution >= 0.6 is 0 Å². The molecule has 0 aliphatic carbocycles. The first-order valence-corrected chi connectivity index (χ1v) is 4.54. The molecule has 2 aromatic rings. The Morgan fingerprint density at radius 2 is 2.00 bits per heavy atom. The molecule has 0 nitrogen and oxygen atoms in total. The van der Waals surface area contributed by atoms with Crippen molar-refractivity contribution in [1.29, 1.82) is 0 Å². The Hall–Kier alpha value is -0.300. The summed E-state index contributed by atoms with van der Waals surface area (Å²) in [4.78, 5) is 0. The standard InChI is InChI=1S/C12H13.Hf/c1-2-5-10-8-11-6-3-4-7-12(11)9-10;/h3-4,6-9H,2,5H2,1H3;/q-1;. The molecule has 0 unspecified atom stereocenters. The van der Waals surface area contributed by atoms with Gasteiger partial charge >= 0.3 is 0 Å². The van der Waals surface area contributed by atoms with Gasteiger partial charge < -0.3 is 0 Å². The topological polar surface area (TPSA) is 0 Å². The third kappa shape index (κ3) is 2.34.